The number of likely N-dealkylation sites (N-methyl/N-ethyl adjacent to an activating group) is 1. The molecule has 0 unspecified atom stereocenters. The first-order valence-corrected chi connectivity index (χ1v) is 7.53. The zero-order valence-electron chi connectivity index (χ0n) is 13.3. The quantitative estimate of drug-likeness (QED) is 0.885. The molecule has 5 heteroatoms. The number of nitrogens with zero attached hydrogens (tertiary/aromatic N) is 3. The number of rotatable bonds is 6. The maximum absolute atomic E-state index is 12.4. The Kier molecular flexibility index (Phi) is 4.96. The Bertz CT molecular complexity index is 628. The molecular formula is C16H24N4O. The fraction of sp³-hybridized carbons (Fsp3) is 0.500. The van der Waals surface area contributed by atoms with E-state index < -0.39 is 0 Å². The third-order valence-corrected chi connectivity index (χ3v) is 3.84. The molecule has 0 atom stereocenters. The van der Waals surface area contributed by atoms with Crippen molar-refractivity contribution in [3.05, 3.63) is 35.3 Å². The lowest BCUT2D eigenvalue weighted by Crippen LogP contribution is -2.35. The second kappa shape index (κ2) is 6.72. The number of imidazole rings is 1. The molecular weight excluding hydrogens is 264 g/mol. The van der Waals surface area contributed by atoms with Gasteiger partial charge in [-0.3, -0.25) is 9.20 Å². The topological polar surface area (TPSA) is 49.6 Å². The van der Waals surface area contributed by atoms with Gasteiger partial charge in [-0.05, 0) is 38.6 Å². The van der Waals surface area contributed by atoms with Crippen LogP contribution in [-0.2, 0) is 0 Å². The Hall–Kier alpha value is -1.88. The molecule has 0 fully saturated rings. The second-order valence-electron chi connectivity index (χ2n) is 5.21. The number of aromatic nitrogens is 2. The van der Waals surface area contributed by atoms with Gasteiger partial charge in [0.25, 0.3) is 5.91 Å². The van der Waals surface area contributed by atoms with Gasteiger partial charge in [-0.15, -0.1) is 0 Å². The van der Waals surface area contributed by atoms with Gasteiger partial charge in [0.2, 0.25) is 0 Å². The van der Waals surface area contributed by atoms with Crippen LogP contribution >= 0.6 is 0 Å². The first-order chi connectivity index (χ1) is 10.1. The van der Waals surface area contributed by atoms with Crippen LogP contribution in [0.3, 0.4) is 0 Å². The van der Waals surface area contributed by atoms with Crippen molar-refractivity contribution >= 4 is 11.6 Å². The Morgan fingerprint density at radius 3 is 2.71 bits per heavy atom. The van der Waals surface area contributed by atoms with Gasteiger partial charge in [0.15, 0.2) is 0 Å². The smallest absolute Gasteiger partial charge is 0.270 e. The molecule has 0 spiro atoms. The number of nitrogens with one attached hydrogen (secondary N) is 1. The Morgan fingerprint density at radius 2 is 2.05 bits per heavy atom. The predicted octanol–water partition coefficient (Wildman–Crippen LogP) is 2.02. The first-order valence-electron chi connectivity index (χ1n) is 7.53. The highest BCUT2D eigenvalue weighted by molar-refractivity contribution is 5.94. The minimum absolute atomic E-state index is 0.0576. The molecule has 2 aromatic heterocycles. The van der Waals surface area contributed by atoms with Gasteiger partial charge in [-0.1, -0.05) is 19.9 Å². The number of aryl methyl sites for hydroxylation is 2. The predicted molar refractivity (Wildman–Crippen MR) is 84.8 cm³/mol. The van der Waals surface area contributed by atoms with E-state index in [0.29, 0.717) is 12.2 Å². The SMILES string of the molecule is CCN(CC)CCNC(=O)c1c(C)nc2c(C)cccn12. The highest BCUT2D eigenvalue weighted by atomic mass is 16.1. The molecule has 2 aromatic rings. The Morgan fingerprint density at radius 1 is 1.33 bits per heavy atom. The van der Waals surface area contributed by atoms with Gasteiger partial charge in [0.1, 0.15) is 11.3 Å². The van der Waals surface area contributed by atoms with Crippen molar-refractivity contribution in [2.24, 2.45) is 0 Å². The zero-order chi connectivity index (χ0) is 15.4. The summed E-state index contributed by atoms with van der Waals surface area (Å²) in [4.78, 5) is 19.2. The van der Waals surface area contributed by atoms with E-state index in [1.165, 1.54) is 0 Å². The van der Waals surface area contributed by atoms with E-state index in [2.05, 4.69) is 29.0 Å². The summed E-state index contributed by atoms with van der Waals surface area (Å²) in [5.41, 5.74) is 3.32. The minimum atomic E-state index is -0.0576. The normalized spacial score (nSPS) is 11.3. The van der Waals surface area contributed by atoms with Crippen molar-refractivity contribution in [3.63, 3.8) is 0 Å². The van der Waals surface area contributed by atoms with Crippen molar-refractivity contribution in [2.45, 2.75) is 27.7 Å². The third-order valence-electron chi connectivity index (χ3n) is 3.84. The van der Waals surface area contributed by atoms with Crippen LogP contribution in [0, 0.1) is 13.8 Å². The van der Waals surface area contributed by atoms with Crippen LogP contribution < -0.4 is 5.32 Å². The molecule has 21 heavy (non-hydrogen) atoms. The summed E-state index contributed by atoms with van der Waals surface area (Å²) in [6.45, 7) is 11.7. The first kappa shape index (κ1) is 15.5. The van der Waals surface area contributed by atoms with Crippen LogP contribution in [0.2, 0.25) is 0 Å². The molecule has 0 bridgehead atoms. The number of carbonyl (C=O) groups excluding carboxylic acids is 1. The third kappa shape index (κ3) is 3.24. The molecule has 0 aromatic carbocycles. The van der Waals surface area contributed by atoms with Crippen molar-refractivity contribution in [2.75, 3.05) is 26.2 Å². The molecule has 1 amide bonds. The molecule has 0 saturated carbocycles. The summed E-state index contributed by atoms with van der Waals surface area (Å²) in [5.74, 6) is -0.0576. The van der Waals surface area contributed by atoms with E-state index in [4.69, 9.17) is 0 Å². The van der Waals surface area contributed by atoms with Gasteiger partial charge >= 0.3 is 0 Å². The Balaban J connectivity index is 2.13. The number of hydrogen-bond donors (Lipinski definition) is 1. The summed E-state index contributed by atoms with van der Waals surface area (Å²) in [5, 5.41) is 3.00. The van der Waals surface area contributed by atoms with E-state index in [0.717, 1.165) is 36.5 Å². The van der Waals surface area contributed by atoms with E-state index in [1.807, 2.05) is 36.6 Å². The van der Waals surface area contributed by atoms with Crippen LogP contribution in [0.1, 0.15) is 35.6 Å². The summed E-state index contributed by atoms with van der Waals surface area (Å²) in [7, 11) is 0. The average molecular weight is 288 g/mol. The summed E-state index contributed by atoms with van der Waals surface area (Å²) < 4.78 is 1.87. The van der Waals surface area contributed by atoms with Gasteiger partial charge in [0, 0.05) is 19.3 Å². The summed E-state index contributed by atoms with van der Waals surface area (Å²) in [6, 6.07) is 3.94. The molecule has 2 heterocycles. The van der Waals surface area contributed by atoms with Gasteiger partial charge in [0.05, 0.1) is 5.69 Å². The minimum Gasteiger partial charge on any atom is -0.349 e. The van der Waals surface area contributed by atoms with Crippen LogP contribution in [0.15, 0.2) is 18.3 Å². The molecule has 2 rings (SSSR count). The van der Waals surface area contributed by atoms with Gasteiger partial charge in [-0.25, -0.2) is 4.98 Å². The number of amides is 1. The molecule has 0 aliphatic rings. The molecule has 0 saturated heterocycles. The highest BCUT2D eigenvalue weighted by Crippen LogP contribution is 2.15. The van der Waals surface area contributed by atoms with Gasteiger partial charge in [-0.2, -0.15) is 0 Å². The van der Waals surface area contributed by atoms with Crippen LogP contribution in [0.25, 0.3) is 5.65 Å². The van der Waals surface area contributed by atoms with E-state index in [-0.39, 0.29) is 5.91 Å². The summed E-state index contributed by atoms with van der Waals surface area (Å²) in [6.07, 6.45) is 1.89. The fourth-order valence-electron chi connectivity index (χ4n) is 2.54. The largest absolute Gasteiger partial charge is 0.349 e. The lowest BCUT2D eigenvalue weighted by atomic mass is 10.3. The maximum atomic E-state index is 12.4. The number of hydrogen-bond acceptors (Lipinski definition) is 3. The highest BCUT2D eigenvalue weighted by Gasteiger charge is 2.16. The lowest BCUT2D eigenvalue weighted by Gasteiger charge is -2.17. The molecule has 1 N–H and O–H groups in total. The van der Waals surface area contributed by atoms with E-state index in [9.17, 15) is 4.79 Å². The van der Waals surface area contributed by atoms with Gasteiger partial charge < -0.3 is 10.2 Å². The van der Waals surface area contributed by atoms with Crippen molar-refractivity contribution < 1.29 is 4.79 Å². The average Bonchev–Trinajstić information content (AvgIpc) is 2.81. The Labute approximate surface area is 126 Å². The summed E-state index contributed by atoms with van der Waals surface area (Å²) >= 11 is 0. The van der Waals surface area contributed by atoms with Crippen molar-refractivity contribution in [3.8, 4) is 0 Å². The maximum Gasteiger partial charge on any atom is 0.270 e. The standard InChI is InChI=1S/C16H24N4O/c1-5-19(6-2)11-9-17-16(21)14-13(4)18-15-12(3)8-7-10-20(14)15/h7-8,10H,5-6,9,11H2,1-4H3,(H,17,21). The fourth-order valence-corrected chi connectivity index (χ4v) is 2.54. The second-order valence-corrected chi connectivity index (χ2v) is 5.21. The molecule has 0 aliphatic carbocycles. The monoisotopic (exact) mass is 288 g/mol. The molecule has 5 nitrogen and oxygen atoms in total. The van der Waals surface area contributed by atoms with Crippen LogP contribution in [0.5, 0.6) is 0 Å². The molecule has 0 aliphatic heterocycles. The van der Waals surface area contributed by atoms with E-state index >= 15 is 0 Å². The lowest BCUT2D eigenvalue weighted by molar-refractivity contribution is 0.0942. The van der Waals surface area contributed by atoms with Crippen LogP contribution in [-0.4, -0.2) is 46.4 Å². The number of pyridine rings is 1. The van der Waals surface area contributed by atoms with Crippen LogP contribution in [0.4, 0.5) is 0 Å². The number of fused-ring (bicyclic) bond motifs is 1. The van der Waals surface area contributed by atoms with Crippen molar-refractivity contribution in [1.29, 1.82) is 0 Å². The van der Waals surface area contributed by atoms with E-state index in [1.54, 1.807) is 0 Å². The van der Waals surface area contributed by atoms with Crippen molar-refractivity contribution in [1.82, 2.24) is 19.6 Å². The molecule has 114 valence electrons. The molecule has 0 radical (unpaired) electrons. The zero-order valence-corrected chi connectivity index (χ0v) is 13.3. The number of carbonyl (C=O) groups is 1.